The van der Waals surface area contributed by atoms with Crippen molar-refractivity contribution in [2.24, 2.45) is 4.99 Å². The average molecular weight is 415 g/mol. The molecular weight excluding hydrogens is 390 g/mol. The first kappa shape index (κ1) is 21.7. The number of nitrogens with zero attached hydrogens (tertiary/aromatic N) is 2. The first-order valence-corrected chi connectivity index (χ1v) is 9.89. The van der Waals surface area contributed by atoms with E-state index < -0.39 is 0 Å². The number of amides is 2. The maximum absolute atomic E-state index is 12.9. The van der Waals surface area contributed by atoms with Crippen LogP contribution in [0, 0.1) is 13.8 Å². The molecule has 0 saturated heterocycles. The van der Waals surface area contributed by atoms with Crippen molar-refractivity contribution >= 4 is 29.1 Å². The van der Waals surface area contributed by atoms with Gasteiger partial charge in [-0.05, 0) is 61.4 Å². The Bertz CT molecular complexity index is 1110. The van der Waals surface area contributed by atoms with Gasteiger partial charge in [0.25, 0.3) is 5.91 Å². The third-order valence-corrected chi connectivity index (χ3v) is 4.66. The summed E-state index contributed by atoms with van der Waals surface area (Å²) >= 11 is 0. The number of benzene rings is 2. The van der Waals surface area contributed by atoms with E-state index in [4.69, 9.17) is 0 Å². The van der Waals surface area contributed by atoms with Crippen LogP contribution in [0.5, 0.6) is 0 Å². The lowest BCUT2D eigenvalue weighted by molar-refractivity contribution is -0.114. The predicted octanol–water partition coefficient (Wildman–Crippen LogP) is 4.05. The largest absolute Gasteiger partial charge is 0.326 e. The number of rotatable bonds is 5. The van der Waals surface area contributed by atoms with Gasteiger partial charge in [-0.3, -0.25) is 19.9 Å². The van der Waals surface area contributed by atoms with Gasteiger partial charge in [0.15, 0.2) is 0 Å². The summed E-state index contributed by atoms with van der Waals surface area (Å²) in [5.41, 5.74) is 4.78. The molecule has 0 bridgehead atoms. The standard InChI is InChI=1S/C24H25N5O2/c1-16-8-6-12-22(17(16)2)28-24(26-15-21-10-4-5-13-25-21)29-23(31)19-9-7-11-20(14-19)27-18(3)30/h4-14H,15H2,1-3H3,(H,27,30)(H2,26,28,29,31). The van der Waals surface area contributed by atoms with E-state index in [1.165, 1.54) is 6.92 Å². The smallest absolute Gasteiger partial charge is 0.258 e. The van der Waals surface area contributed by atoms with Crippen LogP contribution in [0.25, 0.3) is 0 Å². The number of carbonyl (C=O) groups excluding carboxylic acids is 2. The monoisotopic (exact) mass is 415 g/mol. The summed E-state index contributed by atoms with van der Waals surface area (Å²) in [5.74, 6) is -0.231. The van der Waals surface area contributed by atoms with Crippen LogP contribution >= 0.6 is 0 Å². The molecule has 3 rings (SSSR count). The van der Waals surface area contributed by atoms with Crippen LogP contribution in [0.3, 0.4) is 0 Å². The molecule has 0 fully saturated rings. The number of hydrogen-bond acceptors (Lipinski definition) is 4. The van der Waals surface area contributed by atoms with E-state index in [1.54, 1.807) is 30.5 Å². The minimum atomic E-state index is -0.343. The van der Waals surface area contributed by atoms with E-state index in [2.05, 4.69) is 25.9 Å². The Morgan fingerprint density at radius 3 is 2.52 bits per heavy atom. The summed E-state index contributed by atoms with van der Waals surface area (Å²) in [4.78, 5) is 33.0. The Hall–Kier alpha value is -4.00. The number of hydrogen-bond donors (Lipinski definition) is 3. The fourth-order valence-electron chi connectivity index (χ4n) is 2.90. The van der Waals surface area contributed by atoms with Gasteiger partial charge in [-0.2, -0.15) is 0 Å². The van der Waals surface area contributed by atoms with Gasteiger partial charge in [0.2, 0.25) is 11.9 Å². The number of nitrogens with one attached hydrogen (secondary N) is 3. The fourth-order valence-corrected chi connectivity index (χ4v) is 2.90. The minimum absolute atomic E-state index is 0.202. The quantitative estimate of drug-likeness (QED) is 0.433. The van der Waals surface area contributed by atoms with Crippen LogP contribution in [-0.4, -0.2) is 22.8 Å². The SMILES string of the molecule is CC(=O)Nc1cccc(C(=O)NC(=NCc2ccccn2)Nc2cccc(C)c2C)c1. The van der Waals surface area contributed by atoms with Gasteiger partial charge < -0.3 is 10.6 Å². The number of guanidine groups is 1. The number of anilines is 2. The molecule has 1 heterocycles. The maximum atomic E-state index is 12.9. The number of aryl methyl sites for hydroxylation is 1. The minimum Gasteiger partial charge on any atom is -0.326 e. The van der Waals surface area contributed by atoms with Crippen molar-refractivity contribution in [2.75, 3.05) is 10.6 Å². The second-order valence-electron chi connectivity index (χ2n) is 7.07. The van der Waals surface area contributed by atoms with E-state index in [0.717, 1.165) is 22.5 Å². The molecule has 158 valence electrons. The van der Waals surface area contributed by atoms with Crippen LogP contribution in [0.1, 0.15) is 34.1 Å². The number of aromatic nitrogens is 1. The van der Waals surface area contributed by atoms with Crippen molar-refractivity contribution in [3.8, 4) is 0 Å². The van der Waals surface area contributed by atoms with Crippen LogP contribution in [0.2, 0.25) is 0 Å². The summed E-state index contributed by atoms with van der Waals surface area (Å²) < 4.78 is 0. The van der Waals surface area contributed by atoms with Gasteiger partial charge in [0.05, 0.1) is 12.2 Å². The zero-order chi connectivity index (χ0) is 22.2. The van der Waals surface area contributed by atoms with Crippen LogP contribution < -0.4 is 16.0 Å². The third kappa shape index (κ3) is 6.24. The van der Waals surface area contributed by atoms with E-state index in [0.29, 0.717) is 23.8 Å². The second-order valence-corrected chi connectivity index (χ2v) is 7.07. The lowest BCUT2D eigenvalue weighted by atomic mass is 10.1. The molecular formula is C24H25N5O2. The molecule has 1 aromatic heterocycles. The van der Waals surface area contributed by atoms with Gasteiger partial charge in [-0.25, -0.2) is 4.99 Å². The Kier molecular flexibility index (Phi) is 7.11. The molecule has 7 nitrogen and oxygen atoms in total. The normalized spacial score (nSPS) is 11.0. The highest BCUT2D eigenvalue weighted by molar-refractivity contribution is 6.10. The number of aliphatic imine (C=N–C) groups is 1. The van der Waals surface area contributed by atoms with Gasteiger partial charge in [-0.1, -0.05) is 24.3 Å². The highest BCUT2D eigenvalue weighted by Gasteiger charge is 2.12. The van der Waals surface area contributed by atoms with Crippen molar-refractivity contribution in [1.29, 1.82) is 0 Å². The first-order chi connectivity index (χ1) is 14.9. The first-order valence-electron chi connectivity index (χ1n) is 9.89. The molecule has 7 heteroatoms. The van der Waals surface area contributed by atoms with Crippen molar-refractivity contribution in [3.05, 3.63) is 89.2 Å². The second kappa shape index (κ2) is 10.2. The van der Waals surface area contributed by atoms with Gasteiger partial charge in [0, 0.05) is 30.1 Å². The maximum Gasteiger partial charge on any atom is 0.258 e. The fraction of sp³-hybridized carbons (Fsp3) is 0.167. The molecule has 2 amide bonds. The van der Waals surface area contributed by atoms with Gasteiger partial charge in [0.1, 0.15) is 0 Å². The van der Waals surface area contributed by atoms with Crippen molar-refractivity contribution in [3.63, 3.8) is 0 Å². The third-order valence-electron chi connectivity index (χ3n) is 4.66. The van der Waals surface area contributed by atoms with Gasteiger partial charge in [-0.15, -0.1) is 0 Å². The molecule has 0 aliphatic heterocycles. The predicted molar refractivity (Wildman–Crippen MR) is 123 cm³/mol. The molecule has 0 atom stereocenters. The van der Waals surface area contributed by atoms with Crippen molar-refractivity contribution < 1.29 is 9.59 Å². The zero-order valence-corrected chi connectivity index (χ0v) is 17.8. The summed E-state index contributed by atoms with van der Waals surface area (Å²) in [6.07, 6.45) is 1.70. The lowest BCUT2D eigenvalue weighted by Crippen LogP contribution is -2.36. The highest BCUT2D eigenvalue weighted by Crippen LogP contribution is 2.18. The molecule has 0 aliphatic rings. The Labute approximate surface area is 181 Å². The zero-order valence-electron chi connectivity index (χ0n) is 17.8. The van der Waals surface area contributed by atoms with E-state index in [1.807, 2.05) is 50.2 Å². The Morgan fingerprint density at radius 1 is 0.968 bits per heavy atom. The number of pyridine rings is 1. The summed E-state index contributed by atoms with van der Waals surface area (Å²) in [7, 11) is 0. The van der Waals surface area contributed by atoms with Crippen molar-refractivity contribution in [1.82, 2.24) is 10.3 Å². The molecule has 0 radical (unpaired) electrons. The average Bonchev–Trinajstić information content (AvgIpc) is 2.75. The van der Waals surface area contributed by atoms with E-state index in [-0.39, 0.29) is 11.8 Å². The summed E-state index contributed by atoms with van der Waals surface area (Å²) in [5, 5.41) is 8.75. The topological polar surface area (TPSA) is 95.5 Å². The molecule has 0 aliphatic carbocycles. The van der Waals surface area contributed by atoms with E-state index in [9.17, 15) is 9.59 Å². The summed E-state index contributed by atoms with van der Waals surface area (Å²) in [6, 6.07) is 18.2. The lowest BCUT2D eigenvalue weighted by Gasteiger charge is -2.15. The Balaban J connectivity index is 1.84. The van der Waals surface area contributed by atoms with E-state index >= 15 is 0 Å². The summed E-state index contributed by atoms with van der Waals surface area (Å²) in [6.45, 7) is 5.76. The molecule has 0 spiro atoms. The highest BCUT2D eigenvalue weighted by atomic mass is 16.2. The van der Waals surface area contributed by atoms with Crippen LogP contribution in [0.4, 0.5) is 11.4 Å². The van der Waals surface area contributed by atoms with Gasteiger partial charge >= 0.3 is 0 Å². The van der Waals surface area contributed by atoms with Crippen LogP contribution in [0.15, 0.2) is 71.9 Å². The molecule has 0 saturated carbocycles. The molecule has 3 N–H and O–H groups in total. The van der Waals surface area contributed by atoms with Crippen molar-refractivity contribution in [2.45, 2.75) is 27.3 Å². The number of carbonyl (C=O) groups is 2. The molecule has 31 heavy (non-hydrogen) atoms. The molecule has 3 aromatic rings. The molecule has 2 aromatic carbocycles. The Morgan fingerprint density at radius 2 is 1.77 bits per heavy atom. The van der Waals surface area contributed by atoms with Crippen LogP contribution in [-0.2, 0) is 11.3 Å². The molecule has 0 unspecified atom stereocenters.